The number of hydrogen-bond donors (Lipinski definition) is 2. The Hall–Kier alpha value is -3.55. The number of alkyl halides is 1. The molecule has 2 heterocycles. The highest BCUT2D eigenvalue weighted by molar-refractivity contribution is 5.94. The van der Waals surface area contributed by atoms with Gasteiger partial charge in [0.05, 0.1) is 17.3 Å². The predicted octanol–water partition coefficient (Wildman–Crippen LogP) is 2.73. The van der Waals surface area contributed by atoms with Gasteiger partial charge in [0.25, 0.3) is 5.91 Å². The number of pyridine rings is 2. The maximum atomic E-state index is 14.2. The number of nitrogens with one attached hydrogen (secondary N) is 2. The third-order valence-electron chi connectivity index (χ3n) is 3.80. The molecule has 0 aliphatic rings. The molecule has 27 heavy (non-hydrogen) atoms. The lowest BCUT2D eigenvalue weighted by Crippen LogP contribution is -2.30. The van der Waals surface area contributed by atoms with Crippen molar-refractivity contribution >= 4 is 5.91 Å². The lowest BCUT2D eigenvalue weighted by molar-refractivity contribution is 0.0942. The van der Waals surface area contributed by atoms with E-state index in [0.29, 0.717) is 11.3 Å². The highest BCUT2D eigenvalue weighted by Gasteiger charge is 2.20. The van der Waals surface area contributed by atoms with Crippen LogP contribution in [0, 0.1) is 5.82 Å². The second kappa shape index (κ2) is 8.22. The summed E-state index contributed by atoms with van der Waals surface area (Å²) >= 11 is 0. The first-order valence-electron chi connectivity index (χ1n) is 7.97. The van der Waals surface area contributed by atoms with Crippen LogP contribution in [0.4, 0.5) is 8.78 Å². The number of aromatic amines is 1. The molecule has 0 aliphatic carbocycles. The van der Waals surface area contributed by atoms with Crippen molar-refractivity contribution < 1.29 is 18.3 Å². The van der Waals surface area contributed by atoms with Crippen molar-refractivity contribution in [1.82, 2.24) is 15.3 Å². The number of carbonyl (C=O) groups excluding carboxylic acids is 1. The fourth-order valence-corrected chi connectivity index (χ4v) is 2.51. The lowest BCUT2D eigenvalue weighted by atomic mass is 10.0. The average Bonchev–Trinajstić information content (AvgIpc) is 2.69. The first kappa shape index (κ1) is 18.2. The molecule has 0 unspecified atom stereocenters. The Kier molecular flexibility index (Phi) is 5.55. The van der Waals surface area contributed by atoms with E-state index in [-0.39, 0.29) is 16.9 Å². The van der Waals surface area contributed by atoms with Crippen LogP contribution in [-0.4, -0.2) is 22.7 Å². The molecule has 0 radical (unpaired) electrons. The zero-order chi connectivity index (χ0) is 19.2. The molecule has 0 spiro atoms. The SMILES string of the molecule is O=C(N[C@@H](c1ccc(OCF)c(F)c1)c1ccccn1)c1ccc(=O)[nH]c1. The van der Waals surface area contributed by atoms with Crippen LogP contribution in [0.1, 0.15) is 27.7 Å². The lowest BCUT2D eigenvalue weighted by Gasteiger charge is -2.19. The first-order valence-corrected chi connectivity index (χ1v) is 7.97. The minimum absolute atomic E-state index is 0.229. The summed E-state index contributed by atoms with van der Waals surface area (Å²) in [7, 11) is 0. The highest BCUT2D eigenvalue weighted by atomic mass is 19.1. The van der Waals surface area contributed by atoms with Crippen LogP contribution in [0.5, 0.6) is 5.75 Å². The molecular weight excluding hydrogens is 356 g/mol. The van der Waals surface area contributed by atoms with Gasteiger partial charge in [-0.05, 0) is 35.9 Å². The van der Waals surface area contributed by atoms with Crippen molar-refractivity contribution in [3.05, 3.63) is 93.9 Å². The van der Waals surface area contributed by atoms with E-state index in [1.807, 2.05) is 0 Å². The number of ether oxygens (including phenoxy) is 1. The molecule has 0 bridgehead atoms. The quantitative estimate of drug-likeness (QED) is 0.698. The second-order valence-electron chi connectivity index (χ2n) is 5.55. The number of amides is 1. The first-order chi connectivity index (χ1) is 13.1. The van der Waals surface area contributed by atoms with Crippen LogP contribution in [0.15, 0.2) is 65.7 Å². The minimum atomic E-state index is -1.15. The topological polar surface area (TPSA) is 84.1 Å². The normalized spacial score (nSPS) is 11.6. The van der Waals surface area contributed by atoms with Crippen molar-refractivity contribution in [2.24, 2.45) is 0 Å². The molecule has 138 valence electrons. The van der Waals surface area contributed by atoms with E-state index < -0.39 is 24.6 Å². The summed E-state index contributed by atoms with van der Waals surface area (Å²) in [6.45, 7) is -1.15. The van der Waals surface area contributed by atoms with Crippen LogP contribution in [0.3, 0.4) is 0 Å². The third-order valence-corrected chi connectivity index (χ3v) is 3.80. The number of nitrogens with zero attached hydrogens (tertiary/aromatic N) is 1. The number of hydrogen-bond acceptors (Lipinski definition) is 4. The summed E-state index contributed by atoms with van der Waals surface area (Å²) < 4.78 is 31.0. The van der Waals surface area contributed by atoms with Gasteiger partial charge in [-0.2, -0.15) is 0 Å². The molecule has 0 saturated heterocycles. The Morgan fingerprint density at radius 2 is 2.07 bits per heavy atom. The average molecular weight is 371 g/mol. The predicted molar refractivity (Wildman–Crippen MR) is 93.6 cm³/mol. The number of H-pyrrole nitrogens is 1. The van der Waals surface area contributed by atoms with Gasteiger partial charge < -0.3 is 15.0 Å². The van der Waals surface area contributed by atoms with Gasteiger partial charge in [0, 0.05) is 18.5 Å². The Labute approximate surface area is 152 Å². The summed E-state index contributed by atoms with van der Waals surface area (Å²) in [4.78, 5) is 30.3. The van der Waals surface area contributed by atoms with Gasteiger partial charge >= 0.3 is 0 Å². The zero-order valence-electron chi connectivity index (χ0n) is 14.0. The van der Waals surface area contributed by atoms with Gasteiger partial charge in [-0.25, -0.2) is 8.78 Å². The number of carbonyl (C=O) groups is 1. The smallest absolute Gasteiger partial charge is 0.253 e. The Balaban J connectivity index is 1.94. The molecule has 6 nitrogen and oxygen atoms in total. The maximum Gasteiger partial charge on any atom is 0.253 e. The highest BCUT2D eigenvalue weighted by Crippen LogP contribution is 2.26. The summed E-state index contributed by atoms with van der Waals surface area (Å²) in [6, 6.07) is 10.9. The van der Waals surface area contributed by atoms with Crippen LogP contribution in [0.2, 0.25) is 0 Å². The molecule has 0 fully saturated rings. The molecule has 1 aromatic carbocycles. The third kappa shape index (κ3) is 4.35. The van der Waals surface area contributed by atoms with Gasteiger partial charge in [0.15, 0.2) is 11.6 Å². The Bertz CT molecular complexity index is 972. The molecule has 3 aromatic rings. The molecular formula is C19H15F2N3O3. The molecule has 0 aliphatic heterocycles. The van der Waals surface area contributed by atoms with E-state index in [2.05, 4.69) is 20.0 Å². The van der Waals surface area contributed by atoms with E-state index >= 15 is 0 Å². The number of benzene rings is 1. The number of rotatable bonds is 6. The van der Waals surface area contributed by atoms with Crippen LogP contribution in [-0.2, 0) is 0 Å². The van der Waals surface area contributed by atoms with Gasteiger partial charge in [-0.15, -0.1) is 0 Å². The second-order valence-corrected chi connectivity index (χ2v) is 5.55. The monoisotopic (exact) mass is 371 g/mol. The summed E-state index contributed by atoms with van der Waals surface area (Å²) in [5, 5.41) is 2.76. The standard InChI is InChI=1S/C19H15F2N3O3/c20-11-27-16-6-4-12(9-14(16)21)18(15-3-1-2-8-22-15)24-19(26)13-5-7-17(25)23-10-13/h1-10,18H,11H2,(H,23,25)(H,24,26)/t18-/m0/s1. The minimum Gasteiger partial charge on any atom is -0.460 e. The van der Waals surface area contributed by atoms with Gasteiger partial charge in [-0.1, -0.05) is 12.1 Å². The molecule has 3 rings (SSSR count). The summed E-state index contributed by atoms with van der Waals surface area (Å²) in [6.07, 6.45) is 2.83. The zero-order valence-corrected chi connectivity index (χ0v) is 14.0. The van der Waals surface area contributed by atoms with Gasteiger partial charge in [0.2, 0.25) is 12.4 Å². The molecule has 1 amide bonds. The van der Waals surface area contributed by atoms with Crippen molar-refractivity contribution in [1.29, 1.82) is 0 Å². The van der Waals surface area contributed by atoms with E-state index in [1.165, 1.54) is 30.5 Å². The van der Waals surface area contributed by atoms with E-state index in [9.17, 15) is 18.4 Å². The fraction of sp³-hybridized carbons (Fsp3) is 0.105. The van der Waals surface area contributed by atoms with Crippen molar-refractivity contribution in [2.75, 3.05) is 6.86 Å². The van der Waals surface area contributed by atoms with Crippen LogP contribution >= 0.6 is 0 Å². The van der Waals surface area contributed by atoms with E-state index in [4.69, 9.17) is 0 Å². The van der Waals surface area contributed by atoms with Crippen LogP contribution in [0.25, 0.3) is 0 Å². The number of halogens is 2. The van der Waals surface area contributed by atoms with E-state index in [1.54, 1.807) is 24.4 Å². The van der Waals surface area contributed by atoms with Gasteiger partial charge in [-0.3, -0.25) is 14.6 Å². The van der Waals surface area contributed by atoms with E-state index in [0.717, 1.165) is 6.07 Å². The van der Waals surface area contributed by atoms with Crippen molar-refractivity contribution in [3.8, 4) is 5.75 Å². The maximum absolute atomic E-state index is 14.2. The van der Waals surface area contributed by atoms with Crippen molar-refractivity contribution in [2.45, 2.75) is 6.04 Å². The molecule has 0 saturated carbocycles. The molecule has 2 aromatic heterocycles. The Morgan fingerprint density at radius 1 is 1.22 bits per heavy atom. The molecule has 2 N–H and O–H groups in total. The fourth-order valence-electron chi connectivity index (χ4n) is 2.51. The number of aromatic nitrogens is 2. The van der Waals surface area contributed by atoms with Crippen LogP contribution < -0.4 is 15.6 Å². The largest absolute Gasteiger partial charge is 0.460 e. The summed E-state index contributed by atoms with van der Waals surface area (Å²) in [5.74, 6) is -1.47. The Morgan fingerprint density at radius 3 is 2.70 bits per heavy atom. The molecule has 1 atom stereocenters. The van der Waals surface area contributed by atoms with Crippen molar-refractivity contribution in [3.63, 3.8) is 0 Å². The summed E-state index contributed by atoms with van der Waals surface area (Å²) in [5.41, 5.74) is 0.774. The molecule has 8 heteroatoms. The van der Waals surface area contributed by atoms with Gasteiger partial charge in [0.1, 0.15) is 0 Å².